The highest BCUT2D eigenvalue weighted by atomic mass is 32.2. The van der Waals surface area contributed by atoms with Crippen LogP contribution in [0.1, 0.15) is 44.9 Å². The summed E-state index contributed by atoms with van der Waals surface area (Å²) in [4.78, 5) is 11.7. The number of rotatable bonds is 7. The molecular weight excluding hydrogens is 274 g/mol. The second-order valence-corrected chi connectivity index (χ2v) is 6.41. The van der Waals surface area contributed by atoms with Gasteiger partial charge in [-0.15, -0.1) is 5.10 Å². The molecule has 1 heterocycles. The lowest BCUT2D eigenvalue weighted by atomic mass is 9.89. The number of thioether (sulfide) groups is 1. The molecule has 1 aromatic rings. The highest BCUT2D eigenvalue weighted by molar-refractivity contribution is 7.99. The number of hydrogen-bond acceptors (Lipinski definition) is 5. The number of tetrazole rings is 1. The fraction of sp³-hybridized carbons (Fsp3) is 0.846. The molecule has 1 aliphatic rings. The molecule has 0 unspecified atom stereocenters. The Morgan fingerprint density at radius 2 is 2.20 bits per heavy atom. The monoisotopic (exact) mass is 297 g/mol. The molecule has 1 fully saturated rings. The van der Waals surface area contributed by atoms with Gasteiger partial charge in [0.2, 0.25) is 11.1 Å². The van der Waals surface area contributed by atoms with Crippen molar-refractivity contribution in [2.75, 3.05) is 12.3 Å². The van der Waals surface area contributed by atoms with Gasteiger partial charge in [0.15, 0.2) is 0 Å². The molecule has 0 spiro atoms. The summed E-state index contributed by atoms with van der Waals surface area (Å²) < 4.78 is 1.65. The number of amides is 1. The van der Waals surface area contributed by atoms with Gasteiger partial charge in [0.1, 0.15) is 0 Å². The SMILES string of the molecule is Cn1nnnc1SCCCC(=O)NCC1CCCCC1. The minimum atomic E-state index is 0.173. The maximum atomic E-state index is 11.7. The van der Waals surface area contributed by atoms with Gasteiger partial charge in [0.25, 0.3) is 0 Å². The first-order chi connectivity index (χ1) is 9.75. The summed E-state index contributed by atoms with van der Waals surface area (Å²) in [6.45, 7) is 0.860. The summed E-state index contributed by atoms with van der Waals surface area (Å²) in [7, 11) is 1.82. The highest BCUT2D eigenvalue weighted by Crippen LogP contribution is 2.22. The fourth-order valence-electron chi connectivity index (χ4n) is 2.48. The Morgan fingerprint density at radius 3 is 2.90 bits per heavy atom. The molecule has 1 amide bonds. The van der Waals surface area contributed by atoms with Crippen LogP contribution >= 0.6 is 11.8 Å². The third-order valence-electron chi connectivity index (χ3n) is 3.67. The molecular formula is C13H23N5OS. The van der Waals surface area contributed by atoms with Crippen LogP contribution in [0, 0.1) is 5.92 Å². The lowest BCUT2D eigenvalue weighted by Gasteiger charge is -2.21. The van der Waals surface area contributed by atoms with Gasteiger partial charge >= 0.3 is 0 Å². The summed E-state index contributed by atoms with van der Waals surface area (Å²) in [6.07, 6.45) is 7.99. The van der Waals surface area contributed by atoms with Gasteiger partial charge in [-0.1, -0.05) is 31.0 Å². The highest BCUT2D eigenvalue weighted by Gasteiger charge is 2.14. The van der Waals surface area contributed by atoms with Crippen LogP contribution in [0.4, 0.5) is 0 Å². The van der Waals surface area contributed by atoms with Crippen molar-refractivity contribution >= 4 is 17.7 Å². The van der Waals surface area contributed by atoms with Gasteiger partial charge < -0.3 is 5.32 Å². The van der Waals surface area contributed by atoms with Crippen LogP contribution in [0.5, 0.6) is 0 Å². The molecule has 0 atom stereocenters. The molecule has 0 aliphatic heterocycles. The summed E-state index contributed by atoms with van der Waals surface area (Å²) in [5, 5.41) is 15.1. The second-order valence-electron chi connectivity index (χ2n) is 5.35. The van der Waals surface area contributed by atoms with E-state index in [1.807, 2.05) is 7.05 Å². The lowest BCUT2D eigenvalue weighted by molar-refractivity contribution is -0.121. The minimum Gasteiger partial charge on any atom is -0.356 e. The average Bonchev–Trinajstić information content (AvgIpc) is 2.88. The summed E-state index contributed by atoms with van der Waals surface area (Å²) in [5.74, 6) is 1.74. The predicted octanol–water partition coefficient (Wildman–Crippen LogP) is 1.78. The van der Waals surface area contributed by atoms with Crippen LogP contribution < -0.4 is 5.32 Å². The lowest BCUT2D eigenvalue weighted by Crippen LogP contribution is -2.30. The number of carbonyl (C=O) groups excluding carboxylic acids is 1. The first kappa shape index (κ1) is 15.3. The van der Waals surface area contributed by atoms with Crippen LogP contribution in [-0.2, 0) is 11.8 Å². The van der Waals surface area contributed by atoms with E-state index in [2.05, 4.69) is 20.8 Å². The van der Waals surface area contributed by atoms with E-state index < -0.39 is 0 Å². The van der Waals surface area contributed by atoms with Crippen molar-refractivity contribution in [1.29, 1.82) is 0 Å². The van der Waals surface area contributed by atoms with Crippen molar-refractivity contribution in [3.63, 3.8) is 0 Å². The van der Waals surface area contributed by atoms with Gasteiger partial charge in [-0.25, -0.2) is 4.68 Å². The first-order valence-electron chi connectivity index (χ1n) is 7.37. The molecule has 20 heavy (non-hydrogen) atoms. The smallest absolute Gasteiger partial charge is 0.220 e. The molecule has 0 saturated heterocycles. The standard InChI is InChI=1S/C13H23N5OS/c1-18-13(15-16-17-18)20-9-5-8-12(19)14-10-11-6-3-2-4-7-11/h11H,2-10H2,1H3,(H,14,19). The van der Waals surface area contributed by atoms with Gasteiger partial charge in [-0.3, -0.25) is 4.79 Å². The Balaban J connectivity index is 1.52. The molecule has 1 saturated carbocycles. The zero-order valence-corrected chi connectivity index (χ0v) is 12.9. The van der Waals surface area contributed by atoms with Crippen LogP contribution in [0.25, 0.3) is 0 Å². The molecule has 1 aromatic heterocycles. The molecule has 7 heteroatoms. The number of carbonyl (C=O) groups is 1. The number of aryl methyl sites for hydroxylation is 1. The first-order valence-corrected chi connectivity index (χ1v) is 8.36. The van der Waals surface area contributed by atoms with E-state index in [0.29, 0.717) is 12.3 Å². The molecule has 0 radical (unpaired) electrons. The Morgan fingerprint density at radius 1 is 1.40 bits per heavy atom. The van der Waals surface area contributed by atoms with Gasteiger partial charge in [-0.05, 0) is 35.6 Å². The van der Waals surface area contributed by atoms with E-state index in [9.17, 15) is 4.79 Å². The molecule has 0 aromatic carbocycles. The zero-order chi connectivity index (χ0) is 14.2. The van der Waals surface area contributed by atoms with Gasteiger partial charge in [0.05, 0.1) is 0 Å². The molecule has 0 bridgehead atoms. The third kappa shape index (κ3) is 5.11. The van der Waals surface area contributed by atoms with E-state index in [1.165, 1.54) is 32.1 Å². The zero-order valence-electron chi connectivity index (χ0n) is 12.0. The molecule has 1 N–H and O–H groups in total. The van der Waals surface area contributed by atoms with Crippen molar-refractivity contribution in [3.05, 3.63) is 0 Å². The largest absolute Gasteiger partial charge is 0.356 e. The van der Waals surface area contributed by atoms with Crippen LogP contribution in [0.3, 0.4) is 0 Å². The van der Waals surface area contributed by atoms with Crippen LogP contribution in [-0.4, -0.2) is 38.4 Å². The molecule has 2 rings (SSSR count). The maximum absolute atomic E-state index is 11.7. The molecule has 1 aliphatic carbocycles. The minimum absolute atomic E-state index is 0.173. The number of nitrogens with zero attached hydrogens (tertiary/aromatic N) is 4. The van der Waals surface area contributed by atoms with Crippen molar-refractivity contribution in [2.45, 2.75) is 50.1 Å². The predicted molar refractivity (Wildman–Crippen MR) is 78.3 cm³/mol. The van der Waals surface area contributed by atoms with E-state index >= 15 is 0 Å². The van der Waals surface area contributed by atoms with E-state index in [4.69, 9.17) is 0 Å². The normalized spacial score (nSPS) is 16.2. The van der Waals surface area contributed by atoms with E-state index in [0.717, 1.165) is 23.9 Å². The van der Waals surface area contributed by atoms with Crippen molar-refractivity contribution in [2.24, 2.45) is 13.0 Å². The van der Waals surface area contributed by atoms with Gasteiger partial charge in [0, 0.05) is 25.8 Å². The average molecular weight is 297 g/mol. The van der Waals surface area contributed by atoms with Crippen molar-refractivity contribution < 1.29 is 4.79 Å². The Kier molecular flexibility index (Phi) is 6.29. The summed E-state index contributed by atoms with van der Waals surface area (Å²) >= 11 is 1.59. The Labute approximate surface area is 124 Å². The summed E-state index contributed by atoms with van der Waals surface area (Å²) in [5.41, 5.74) is 0. The number of nitrogens with one attached hydrogen (secondary N) is 1. The fourth-order valence-corrected chi connectivity index (χ4v) is 3.27. The Hall–Kier alpha value is -1.11. The van der Waals surface area contributed by atoms with Crippen LogP contribution in [0.2, 0.25) is 0 Å². The summed E-state index contributed by atoms with van der Waals surface area (Å²) in [6, 6.07) is 0. The number of hydrogen-bond donors (Lipinski definition) is 1. The van der Waals surface area contributed by atoms with Crippen molar-refractivity contribution in [1.82, 2.24) is 25.5 Å². The van der Waals surface area contributed by atoms with E-state index in [-0.39, 0.29) is 5.91 Å². The maximum Gasteiger partial charge on any atom is 0.220 e. The topological polar surface area (TPSA) is 72.7 Å². The van der Waals surface area contributed by atoms with E-state index in [1.54, 1.807) is 16.4 Å². The Bertz CT molecular complexity index is 417. The molecule has 112 valence electrons. The third-order valence-corrected chi connectivity index (χ3v) is 4.77. The van der Waals surface area contributed by atoms with Crippen molar-refractivity contribution in [3.8, 4) is 0 Å². The second kappa shape index (κ2) is 8.24. The van der Waals surface area contributed by atoms with Gasteiger partial charge in [-0.2, -0.15) is 0 Å². The quantitative estimate of drug-likeness (QED) is 0.613. The van der Waals surface area contributed by atoms with Crippen LogP contribution in [0.15, 0.2) is 5.16 Å². The number of aromatic nitrogens is 4. The molecule has 6 nitrogen and oxygen atoms in total.